The van der Waals surface area contributed by atoms with Gasteiger partial charge in [0.2, 0.25) is 0 Å². The Morgan fingerprint density at radius 2 is 2.00 bits per heavy atom. The number of rotatable bonds is 6. The maximum Gasteiger partial charge on any atom is 0.260 e. The zero-order valence-corrected chi connectivity index (χ0v) is 17.5. The Morgan fingerprint density at radius 3 is 2.74 bits per heavy atom. The Morgan fingerprint density at radius 1 is 1.23 bits per heavy atom. The summed E-state index contributed by atoms with van der Waals surface area (Å²) in [6.45, 7) is 3.82. The number of aliphatic hydroxyl groups is 1. The van der Waals surface area contributed by atoms with Crippen molar-refractivity contribution in [1.29, 1.82) is 0 Å². The highest BCUT2D eigenvalue weighted by molar-refractivity contribution is 6.10. The maximum absolute atomic E-state index is 14.7. The fraction of sp³-hybridized carbons (Fsp3) is 0.261. The minimum atomic E-state index is -0.567. The predicted molar refractivity (Wildman–Crippen MR) is 116 cm³/mol. The molecule has 1 aliphatic rings. The van der Waals surface area contributed by atoms with Gasteiger partial charge < -0.3 is 15.2 Å². The Kier molecular flexibility index (Phi) is 5.32. The second-order valence-electron chi connectivity index (χ2n) is 7.94. The van der Waals surface area contributed by atoms with Gasteiger partial charge in [-0.1, -0.05) is 12.1 Å². The van der Waals surface area contributed by atoms with E-state index in [9.17, 15) is 14.3 Å². The number of nitrogens with one attached hydrogen (secondary N) is 1. The van der Waals surface area contributed by atoms with Crippen molar-refractivity contribution in [2.24, 2.45) is 0 Å². The molecule has 1 aliphatic heterocycles. The quantitative estimate of drug-likeness (QED) is 0.631. The van der Waals surface area contributed by atoms with Gasteiger partial charge in [-0.2, -0.15) is 0 Å². The van der Waals surface area contributed by atoms with Gasteiger partial charge in [0.1, 0.15) is 23.2 Å². The van der Waals surface area contributed by atoms with E-state index in [1.165, 1.54) is 24.3 Å². The van der Waals surface area contributed by atoms with Crippen LogP contribution in [0.5, 0.6) is 5.75 Å². The topological polar surface area (TPSA) is 87.6 Å². The van der Waals surface area contributed by atoms with Gasteiger partial charge in [0.05, 0.1) is 37.1 Å². The Balaban J connectivity index is 1.73. The van der Waals surface area contributed by atoms with Gasteiger partial charge in [0.25, 0.3) is 5.91 Å². The number of nitrogens with zero attached hydrogens (tertiary/aromatic N) is 3. The van der Waals surface area contributed by atoms with Crippen LogP contribution in [0.15, 0.2) is 48.7 Å². The molecule has 0 radical (unpaired) electrons. The van der Waals surface area contributed by atoms with Crippen LogP contribution in [0, 0.1) is 5.82 Å². The van der Waals surface area contributed by atoms with E-state index >= 15 is 0 Å². The molecule has 3 heterocycles. The molecule has 160 valence electrons. The van der Waals surface area contributed by atoms with Crippen molar-refractivity contribution in [2.75, 3.05) is 23.9 Å². The van der Waals surface area contributed by atoms with Gasteiger partial charge in [-0.15, -0.1) is 0 Å². The highest BCUT2D eigenvalue weighted by Gasteiger charge is 2.33. The van der Waals surface area contributed by atoms with E-state index in [-0.39, 0.29) is 24.6 Å². The summed E-state index contributed by atoms with van der Waals surface area (Å²) >= 11 is 0. The summed E-state index contributed by atoms with van der Waals surface area (Å²) in [5, 5.41) is 12.6. The standard InChI is InChI=1S/C23H23FN4O3/c1-23(2,13-29)27-18-8-5-9-19(26-18)28-12-15-14(22(28)30)10-11-25-21(15)20-16(24)6-4-7-17(20)31-3/h4-11,29H,12-13H2,1-3H3,(H,26,27). The average molecular weight is 422 g/mol. The van der Waals surface area contributed by atoms with Gasteiger partial charge in [0, 0.05) is 17.3 Å². The SMILES string of the molecule is COc1cccc(F)c1-c1nccc2c1CN(c1cccc(NC(C)(C)CO)n1)C2=O. The Hall–Kier alpha value is -3.52. The van der Waals surface area contributed by atoms with Crippen LogP contribution < -0.4 is 15.0 Å². The van der Waals surface area contributed by atoms with Crippen molar-refractivity contribution in [3.63, 3.8) is 0 Å². The number of methoxy groups -OCH3 is 1. The number of aliphatic hydroxyl groups excluding tert-OH is 1. The normalized spacial score (nSPS) is 13.3. The second-order valence-corrected chi connectivity index (χ2v) is 7.94. The van der Waals surface area contributed by atoms with E-state index in [0.29, 0.717) is 34.2 Å². The molecule has 0 unspecified atom stereocenters. The molecule has 2 N–H and O–H groups in total. The van der Waals surface area contributed by atoms with Crippen LogP contribution in [-0.4, -0.2) is 40.2 Å². The summed E-state index contributed by atoms with van der Waals surface area (Å²) in [5.41, 5.74) is 1.10. The van der Waals surface area contributed by atoms with Crippen LogP contribution in [0.4, 0.5) is 16.0 Å². The number of amides is 1. The fourth-order valence-electron chi connectivity index (χ4n) is 3.56. The third kappa shape index (κ3) is 3.82. The Bertz CT molecular complexity index is 1150. The first-order chi connectivity index (χ1) is 14.8. The van der Waals surface area contributed by atoms with Gasteiger partial charge >= 0.3 is 0 Å². The molecular weight excluding hydrogens is 399 g/mol. The molecular formula is C23H23FN4O3. The van der Waals surface area contributed by atoms with E-state index in [1.54, 1.807) is 36.4 Å². The number of hydrogen-bond acceptors (Lipinski definition) is 6. The molecule has 4 rings (SSSR count). The lowest BCUT2D eigenvalue weighted by Gasteiger charge is -2.25. The van der Waals surface area contributed by atoms with Gasteiger partial charge in [-0.25, -0.2) is 9.37 Å². The first-order valence-corrected chi connectivity index (χ1v) is 9.83. The van der Waals surface area contributed by atoms with Crippen LogP contribution >= 0.6 is 0 Å². The van der Waals surface area contributed by atoms with E-state index in [4.69, 9.17) is 4.74 Å². The average Bonchev–Trinajstić information content (AvgIpc) is 3.10. The highest BCUT2D eigenvalue weighted by Crippen LogP contribution is 2.38. The number of halogens is 1. The lowest BCUT2D eigenvalue weighted by atomic mass is 10.0. The number of carbonyl (C=O) groups is 1. The predicted octanol–water partition coefficient (Wildman–Crippen LogP) is 3.63. The third-order valence-electron chi connectivity index (χ3n) is 5.15. The van der Waals surface area contributed by atoms with Crippen LogP contribution in [0.25, 0.3) is 11.3 Å². The van der Waals surface area contributed by atoms with Gasteiger partial charge in [-0.05, 0) is 44.2 Å². The van der Waals surface area contributed by atoms with E-state index in [2.05, 4.69) is 15.3 Å². The molecule has 0 atom stereocenters. The van der Waals surface area contributed by atoms with Crippen molar-refractivity contribution < 1.29 is 19.0 Å². The van der Waals surface area contributed by atoms with E-state index in [0.717, 1.165) is 0 Å². The number of carbonyl (C=O) groups excluding carboxylic acids is 1. The van der Waals surface area contributed by atoms with Crippen molar-refractivity contribution in [1.82, 2.24) is 9.97 Å². The van der Waals surface area contributed by atoms with Crippen molar-refractivity contribution in [2.45, 2.75) is 25.9 Å². The molecule has 0 spiro atoms. The minimum absolute atomic E-state index is 0.0769. The largest absolute Gasteiger partial charge is 0.496 e. The zero-order valence-electron chi connectivity index (χ0n) is 17.5. The summed E-state index contributed by atoms with van der Waals surface area (Å²) < 4.78 is 20.0. The molecule has 0 aliphatic carbocycles. The number of aromatic nitrogens is 2. The smallest absolute Gasteiger partial charge is 0.260 e. The number of hydrogen-bond donors (Lipinski definition) is 2. The van der Waals surface area contributed by atoms with Gasteiger partial charge in [0.15, 0.2) is 0 Å². The molecule has 8 heteroatoms. The van der Waals surface area contributed by atoms with Crippen LogP contribution in [-0.2, 0) is 6.54 Å². The third-order valence-corrected chi connectivity index (χ3v) is 5.15. The summed E-state index contributed by atoms with van der Waals surface area (Å²) in [7, 11) is 1.47. The van der Waals surface area contributed by atoms with Crippen molar-refractivity contribution >= 4 is 17.5 Å². The minimum Gasteiger partial charge on any atom is -0.496 e. The number of anilines is 2. The summed E-state index contributed by atoms with van der Waals surface area (Å²) in [6, 6.07) is 11.5. The molecule has 0 saturated carbocycles. The number of fused-ring (bicyclic) bond motifs is 1. The van der Waals surface area contributed by atoms with Crippen LogP contribution in [0.3, 0.4) is 0 Å². The van der Waals surface area contributed by atoms with Crippen LogP contribution in [0.2, 0.25) is 0 Å². The van der Waals surface area contributed by atoms with Crippen LogP contribution in [0.1, 0.15) is 29.8 Å². The van der Waals surface area contributed by atoms with Crippen molar-refractivity contribution in [3.8, 4) is 17.0 Å². The number of benzene rings is 1. The van der Waals surface area contributed by atoms with Crippen molar-refractivity contribution in [3.05, 3.63) is 65.6 Å². The number of pyridine rings is 2. The fourth-order valence-corrected chi connectivity index (χ4v) is 3.56. The van der Waals surface area contributed by atoms with Gasteiger partial charge in [-0.3, -0.25) is 14.7 Å². The number of ether oxygens (including phenoxy) is 1. The molecule has 31 heavy (non-hydrogen) atoms. The molecule has 7 nitrogen and oxygen atoms in total. The molecule has 3 aromatic rings. The lowest BCUT2D eigenvalue weighted by Crippen LogP contribution is -2.35. The zero-order chi connectivity index (χ0) is 22.2. The van der Waals surface area contributed by atoms with E-state index < -0.39 is 11.4 Å². The molecule has 2 aromatic heterocycles. The van der Waals surface area contributed by atoms with E-state index in [1.807, 2.05) is 13.8 Å². The molecule has 1 amide bonds. The monoisotopic (exact) mass is 422 g/mol. The lowest BCUT2D eigenvalue weighted by molar-refractivity contribution is 0.0996. The molecule has 0 saturated heterocycles. The molecule has 0 bridgehead atoms. The second kappa shape index (κ2) is 7.96. The summed E-state index contributed by atoms with van der Waals surface area (Å²) in [5.74, 6) is 0.630. The Labute approximate surface area is 179 Å². The highest BCUT2D eigenvalue weighted by atomic mass is 19.1. The summed E-state index contributed by atoms with van der Waals surface area (Å²) in [6.07, 6.45) is 1.50. The first kappa shape index (κ1) is 20.7. The molecule has 1 aromatic carbocycles. The molecule has 0 fully saturated rings. The summed E-state index contributed by atoms with van der Waals surface area (Å²) in [4.78, 5) is 23.6. The maximum atomic E-state index is 14.7. The first-order valence-electron chi connectivity index (χ1n) is 9.83.